The molecular formula is C14H20Cl2N2O. The maximum atomic E-state index is 11.9. The molecule has 19 heavy (non-hydrogen) atoms. The molecule has 2 atom stereocenters. The van der Waals surface area contributed by atoms with Gasteiger partial charge in [0.05, 0.1) is 5.92 Å². The number of halogens is 2. The van der Waals surface area contributed by atoms with Crippen LogP contribution in [0.15, 0.2) is 24.3 Å². The predicted octanol–water partition coefficient (Wildman–Crippen LogP) is 2.55. The van der Waals surface area contributed by atoms with E-state index >= 15 is 0 Å². The topological polar surface area (TPSA) is 55.1 Å². The smallest absolute Gasteiger partial charge is 0.224 e. The average Bonchev–Trinajstić information content (AvgIpc) is 2.75. The van der Waals surface area contributed by atoms with Gasteiger partial charge in [-0.2, -0.15) is 0 Å². The van der Waals surface area contributed by atoms with Gasteiger partial charge in [-0.05, 0) is 37.0 Å². The summed E-state index contributed by atoms with van der Waals surface area (Å²) in [6.45, 7) is 0.641. The van der Waals surface area contributed by atoms with Gasteiger partial charge in [-0.3, -0.25) is 4.79 Å². The highest BCUT2D eigenvalue weighted by Gasteiger charge is 2.29. The zero-order chi connectivity index (χ0) is 13.0. The number of rotatable bonds is 4. The van der Waals surface area contributed by atoms with Crippen molar-refractivity contribution in [2.45, 2.75) is 31.7 Å². The fourth-order valence-electron chi connectivity index (χ4n) is 2.47. The standard InChI is InChI=1S/C14H19ClN2O.ClH/c15-11-4-1-3-10(9-11)7-8-17-14(18)12-5-2-6-13(12)16;/h1,3-4,9,12-13H,2,5-8,16H2,(H,17,18);1H. The monoisotopic (exact) mass is 302 g/mol. The Morgan fingerprint density at radius 3 is 2.84 bits per heavy atom. The molecule has 0 spiro atoms. The van der Waals surface area contributed by atoms with Crippen LogP contribution >= 0.6 is 24.0 Å². The number of nitrogens with one attached hydrogen (secondary N) is 1. The highest BCUT2D eigenvalue weighted by atomic mass is 35.5. The Labute approximate surface area is 125 Å². The van der Waals surface area contributed by atoms with E-state index in [0.717, 1.165) is 36.3 Å². The fourth-order valence-corrected chi connectivity index (χ4v) is 2.68. The summed E-state index contributed by atoms with van der Waals surface area (Å²) >= 11 is 5.91. The molecule has 1 aromatic rings. The number of hydrogen-bond donors (Lipinski definition) is 2. The second-order valence-corrected chi connectivity index (χ2v) is 5.31. The first kappa shape index (κ1) is 16.3. The average molecular weight is 303 g/mol. The number of carbonyl (C=O) groups is 1. The van der Waals surface area contributed by atoms with Crippen LogP contribution in [0.25, 0.3) is 0 Å². The minimum atomic E-state index is 0. The Morgan fingerprint density at radius 2 is 2.21 bits per heavy atom. The van der Waals surface area contributed by atoms with Crippen molar-refractivity contribution >= 4 is 29.9 Å². The highest BCUT2D eigenvalue weighted by Crippen LogP contribution is 2.23. The first-order valence-corrected chi connectivity index (χ1v) is 6.82. The van der Waals surface area contributed by atoms with Crippen molar-refractivity contribution in [3.63, 3.8) is 0 Å². The number of amides is 1. The van der Waals surface area contributed by atoms with E-state index in [-0.39, 0.29) is 30.3 Å². The molecule has 0 radical (unpaired) electrons. The lowest BCUT2D eigenvalue weighted by molar-refractivity contribution is -0.125. The summed E-state index contributed by atoms with van der Waals surface area (Å²) < 4.78 is 0. The minimum absolute atomic E-state index is 0. The fraction of sp³-hybridized carbons (Fsp3) is 0.500. The van der Waals surface area contributed by atoms with Crippen molar-refractivity contribution in [1.82, 2.24) is 5.32 Å². The SMILES string of the molecule is Cl.NC1CCCC1C(=O)NCCc1cccc(Cl)c1. The van der Waals surface area contributed by atoms with Crippen LogP contribution in [0.4, 0.5) is 0 Å². The van der Waals surface area contributed by atoms with Gasteiger partial charge in [0.1, 0.15) is 0 Å². The highest BCUT2D eigenvalue weighted by molar-refractivity contribution is 6.30. The number of hydrogen-bond acceptors (Lipinski definition) is 2. The van der Waals surface area contributed by atoms with Crippen molar-refractivity contribution in [2.24, 2.45) is 11.7 Å². The van der Waals surface area contributed by atoms with Crippen LogP contribution in [0, 0.1) is 5.92 Å². The molecule has 1 amide bonds. The molecule has 1 aliphatic carbocycles. The molecule has 3 N–H and O–H groups in total. The van der Waals surface area contributed by atoms with E-state index < -0.39 is 0 Å². The lowest BCUT2D eigenvalue weighted by Gasteiger charge is -2.15. The van der Waals surface area contributed by atoms with Gasteiger partial charge in [0.15, 0.2) is 0 Å². The third-order valence-electron chi connectivity index (χ3n) is 3.51. The molecule has 106 valence electrons. The molecule has 1 fully saturated rings. The maximum Gasteiger partial charge on any atom is 0.224 e. The van der Waals surface area contributed by atoms with E-state index in [0.29, 0.717) is 6.54 Å². The molecule has 2 rings (SSSR count). The molecule has 0 aliphatic heterocycles. The van der Waals surface area contributed by atoms with Gasteiger partial charge < -0.3 is 11.1 Å². The van der Waals surface area contributed by atoms with Crippen LogP contribution in [0.5, 0.6) is 0 Å². The summed E-state index contributed by atoms with van der Waals surface area (Å²) in [5.41, 5.74) is 7.04. The van der Waals surface area contributed by atoms with E-state index in [1.807, 2.05) is 24.3 Å². The molecule has 0 heterocycles. The Hall–Kier alpha value is -0.770. The number of benzene rings is 1. The summed E-state index contributed by atoms with van der Waals surface area (Å²) in [4.78, 5) is 11.9. The van der Waals surface area contributed by atoms with Crippen molar-refractivity contribution in [1.29, 1.82) is 0 Å². The van der Waals surface area contributed by atoms with Crippen molar-refractivity contribution in [3.8, 4) is 0 Å². The largest absolute Gasteiger partial charge is 0.355 e. The summed E-state index contributed by atoms with van der Waals surface area (Å²) in [7, 11) is 0. The lowest BCUT2D eigenvalue weighted by atomic mass is 10.0. The summed E-state index contributed by atoms with van der Waals surface area (Å²) in [5.74, 6) is 0.103. The maximum absolute atomic E-state index is 11.9. The molecule has 2 unspecified atom stereocenters. The van der Waals surface area contributed by atoms with E-state index in [9.17, 15) is 4.79 Å². The molecule has 1 aliphatic rings. The van der Waals surface area contributed by atoms with Crippen LogP contribution in [0.2, 0.25) is 5.02 Å². The Morgan fingerprint density at radius 1 is 1.42 bits per heavy atom. The van der Waals surface area contributed by atoms with Gasteiger partial charge in [0.25, 0.3) is 0 Å². The van der Waals surface area contributed by atoms with Gasteiger partial charge in [-0.1, -0.05) is 30.2 Å². The van der Waals surface area contributed by atoms with Crippen LogP contribution in [-0.2, 0) is 11.2 Å². The van der Waals surface area contributed by atoms with E-state index in [1.54, 1.807) is 0 Å². The van der Waals surface area contributed by atoms with Crippen molar-refractivity contribution in [2.75, 3.05) is 6.54 Å². The third kappa shape index (κ3) is 4.68. The van der Waals surface area contributed by atoms with Crippen molar-refractivity contribution in [3.05, 3.63) is 34.9 Å². The zero-order valence-electron chi connectivity index (χ0n) is 10.8. The minimum Gasteiger partial charge on any atom is -0.355 e. The van der Waals surface area contributed by atoms with E-state index in [1.165, 1.54) is 0 Å². The summed E-state index contributed by atoms with van der Waals surface area (Å²) in [6.07, 6.45) is 3.75. The Kier molecular flexibility index (Phi) is 6.63. The van der Waals surface area contributed by atoms with Gasteiger partial charge in [-0.15, -0.1) is 12.4 Å². The van der Waals surface area contributed by atoms with Gasteiger partial charge in [-0.25, -0.2) is 0 Å². The number of carbonyl (C=O) groups excluding carboxylic acids is 1. The third-order valence-corrected chi connectivity index (χ3v) is 3.74. The van der Waals surface area contributed by atoms with Gasteiger partial charge >= 0.3 is 0 Å². The molecule has 5 heteroatoms. The van der Waals surface area contributed by atoms with Crippen LogP contribution < -0.4 is 11.1 Å². The van der Waals surface area contributed by atoms with Gasteiger partial charge in [0, 0.05) is 17.6 Å². The zero-order valence-corrected chi connectivity index (χ0v) is 12.3. The second-order valence-electron chi connectivity index (χ2n) is 4.87. The Bertz CT molecular complexity index is 426. The Balaban J connectivity index is 0.00000180. The predicted molar refractivity (Wildman–Crippen MR) is 80.7 cm³/mol. The normalized spacial score (nSPS) is 21.8. The van der Waals surface area contributed by atoms with Crippen molar-refractivity contribution < 1.29 is 4.79 Å². The summed E-state index contributed by atoms with van der Waals surface area (Å²) in [6, 6.07) is 7.75. The van der Waals surface area contributed by atoms with E-state index in [2.05, 4.69) is 5.32 Å². The first-order chi connectivity index (χ1) is 8.66. The van der Waals surface area contributed by atoms with Crippen LogP contribution in [0.3, 0.4) is 0 Å². The number of nitrogens with two attached hydrogens (primary N) is 1. The molecule has 0 aromatic heterocycles. The molecular weight excluding hydrogens is 283 g/mol. The second kappa shape index (κ2) is 7.73. The lowest BCUT2D eigenvalue weighted by Crippen LogP contribution is -2.39. The molecule has 0 saturated heterocycles. The molecule has 1 aromatic carbocycles. The first-order valence-electron chi connectivity index (χ1n) is 6.44. The van der Waals surface area contributed by atoms with Crippen LogP contribution in [-0.4, -0.2) is 18.5 Å². The molecule has 1 saturated carbocycles. The quantitative estimate of drug-likeness (QED) is 0.898. The van der Waals surface area contributed by atoms with Gasteiger partial charge in [0.2, 0.25) is 5.91 Å². The molecule has 0 bridgehead atoms. The summed E-state index contributed by atoms with van der Waals surface area (Å²) in [5, 5.41) is 3.69. The van der Waals surface area contributed by atoms with Crippen LogP contribution in [0.1, 0.15) is 24.8 Å². The van der Waals surface area contributed by atoms with E-state index in [4.69, 9.17) is 17.3 Å². The molecule has 3 nitrogen and oxygen atoms in total.